The van der Waals surface area contributed by atoms with Crippen molar-refractivity contribution < 1.29 is 21.0 Å². The number of ether oxygens (including phenoxy) is 1. The van der Waals surface area contributed by atoms with Crippen molar-refractivity contribution >= 4 is 5.97 Å². The van der Waals surface area contributed by atoms with E-state index >= 15 is 0 Å². The minimum atomic E-state index is -0.259. The van der Waals surface area contributed by atoms with E-state index < -0.39 is 0 Å². The molecule has 0 bridgehead atoms. The number of benzene rings is 1. The second kappa shape index (κ2) is 7.81. The molecule has 6 N–H and O–H groups in total. The Kier molecular flexibility index (Phi) is 6.29. The van der Waals surface area contributed by atoms with E-state index in [1.54, 1.807) is 0 Å². The Hall–Kier alpha value is -1.39. The molecule has 1 atom stereocenters. The first-order valence-corrected chi connectivity index (χ1v) is 6.07. The van der Waals surface area contributed by atoms with Gasteiger partial charge in [-0.25, -0.2) is 4.79 Å². The normalized spacial score (nSPS) is 12.1. The lowest BCUT2D eigenvalue weighted by molar-refractivity contribution is -0.411. The van der Waals surface area contributed by atoms with Crippen LogP contribution in [0.2, 0.25) is 0 Å². The third kappa shape index (κ3) is 5.47. The summed E-state index contributed by atoms with van der Waals surface area (Å²) in [6, 6.07) is 9.42. The highest BCUT2D eigenvalue weighted by molar-refractivity contribution is 5.73. The quantitative estimate of drug-likeness (QED) is 0.507. The molecule has 17 heavy (non-hydrogen) atoms. The monoisotopic (exact) mass is 238 g/mol. The van der Waals surface area contributed by atoms with Crippen molar-refractivity contribution in [2.75, 3.05) is 6.54 Å². The molecule has 0 aliphatic rings. The molecule has 0 aromatic heterocycles. The number of esters is 1. The molecule has 0 radical (unpaired) electrons. The van der Waals surface area contributed by atoms with Crippen LogP contribution < -0.4 is 11.5 Å². The van der Waals surface area contributed by atoms with Crippen LogP contribution >= 0.6 is 0 Å². The standard InChI is InChI=1S/C13H20N2O2/c14-9-5-4-8-12(15)13(16)17-10-11-6-2-1-3-7-11/h1-3,6-7,12H,4-5,8-10,14-15H2/p+2. The third-order valence-corrected chi connectivity index (χ3v) is 2.61. The fourth-order valence-electron chi connectivity index (χ4n) is 1.53. The fourth-order valence-corrected chi connectivity index (χ4v) is 1.53. The maximum absolute atomic E-state index is 11.6. The topological polar surface area (TPSA) is 81.6 Å². The Morgan fingerprint density at radius 3 is 2.59 bits per heavy atom. The summed E-state index contributed by atoms with van der Waals surface area (Å²) in [5, 5.41) is 0. The lowest BCUT2D eigenvalue weighted by Gasteiger charge is -2.08. The average Bonchev–Trinajstić information content (AvgIpc) is 2.37. The molecule has 0 fully saturated rings. The van der Waals surface area contributed by atoms with Gasteiger partial charge in [-0.1, -0.05) is 30.3 Å². The number of hydrogen-bond acceptors (Lipinski definition) is 2. The number of carbonyl (C=O) groups is 1. The summed E-state index contributed by atoms with van der Waals surface area (Å²) in [6.45, 7) is 1.24. The Labute approximate surface area is 102 Å². The van der Waals surface area contributed by atoms with Crippen LogP contribution in [0.15, 0.2) is 30.3 Å². The lowest BCUT2D eigenvalue weighted by Crippen LogP contribution is -2.65. The molecule has 0 aliphatic heterocycles. The van der Waals surface area contributed by atoms with E-state index in [0.29, 0.717) is 6.61 Å². The average molecular weight is 238 g/mol. The van der Waals surface area contributed by atoms with Gasteiger partial charge in [0.2, 0.25) is 0 Å². The Morgan fingerprint density at radius 1 is 1.24 bits per heavy atom. The Morgan fingerprint density at radius 2 is 1.94 bits per heavy atom. The van der Waals surface area contributed by atoms with Crippen LogP contribution in [-0.2, 0) is 16.1 Å². The summed E-state index contributed by atoms with van der Waals surface area (Å²) >= 11 is 0. The van der Waals surface area contributed by atoms with E-state index in [9.17, 15) is 4.79 Å². The van der Waals surface area contributed by atoms with E-state index in [1.807, 2.05) is 30.3 Å². The van der Waals surface area contributed by atoms with E-state index in [1.165, 1.54) is 0 Å². The number of hydrogen-bond donors (Lipinski definition) is 2. The number of carbonyl (C=O) groups excluding carboxylic acids is 1. The minimum Gasteiger partial charge on any atom is -0.456 e. The van der Waals surface area contributed by atoms with E-state index in [2.05, 4.69) is 11.5 Å². The maximum atomic E-state index is 11.6. The number of unbranched alkanes of at least 4 members (excludes halogenated alkanes) is 1. The zero-order valence-corrected chi connectivity index (χ0v) is 10.2. The fraction of sp³-hybridized carbons (Fsp3) is 0.462. The summed E-state index contributed by atoms with van der Waals surface area (Å²) in [5.74, 6) is -0.210. The van der Waals surface area contributed by atoms with Gasteiger partial charge in [0.25, 0.3) is 0 Å². The molecule has 94 valence electrons. The summed E-state index contributed by atoms with van der Waals surface area (Å²) < 4.78 is 5.20. The van der Waals surface area contributed by atoms with Gasteiger partial charge in [0.05, 0.1) is 6.54 Å². The van der Waals surface area contributed by atoms with Gasteiger partial charge in [-0.3, -0.25) is 0 Å². The highest BCUT2D eigenvalue weighted by Gasteiger charge is 2.18. The third-order valence-electron chi connectivity index (χ3n) is 2.61. The Balaban J connectivity index is 2.24. The molecule has 0 saturated carbocycles. The molecule has 0 saturated heterocycles. The van der Waals surface area contributed by atoms with E-state index in [0.717, 1.165) is 31.4 Å². The second-order valence-electron chi connectivity index (χ2n) is 4.14. The SMILES string of the molecule is [NH3+]CCCCC([NH3+])C(=O)OCc1ccccc1. The van der Waals surface area contributed by atoms with Crippen LogP contribution in [0.3, 0.4) is 0 Å². The van der Waals surface area contributed by atoms with E-state index in [-0.39, 0.29) is 12.0 Å². The van der Waals surface area contributed by atoms with Crippen molar-refractivity contribution in [3.05, 3.63) is 35.9 Å². The molecule has 0 amide bonds. The largest absolute Gasteiger partial charge is 0.456 e. The smallest absolute Gasteiger partial charge is 0.365 e. The van der Waals surface area contributed by atoms with E-state index in [4.69, 9.17) is 4.74 Å². The highest BCUT2D eigenvalue weighted by atomic mass is 16.5. The highest BCUT2D eigenvalue weighted by Crippen LogP contribution is 2.03. The maximum Gasteiger partial charge on any atom is 0.365 e. The molecule has 0 spiro atoms. The molecule has 1 rings (SSSR count). The molecule has 0 aliphatic carbocycles. The predicted octanol–water partition coefficient (Wildman–Crippen LogP) is -0.247. The zero-order valence-electron chi connectivity index (χ0n) is 10.2. The summed E-state index contributed by atoms with van der Waals surface area (Å²) in [4.78, 5) is 11.6. The van der Waals surface area contributed by atoms with Crippen LogP contribution in [0, 0.1) is 0 Å². The number of rotatable bonds is 7. The summed E-state index contributed by atoms with van der Waals surface area (Å²) in [5.41, 5.74) is 8.60. The van der Waals surface area contributed by atoms with Crippen LogP contribution in [0.1, 0.15) is 24.8 Å². The van der Waals surface area contributed by atoms with Gasteiger partial charge >= 0.3 is 5.97 Å². The minimum absolute atomic E-state index is 0.210. The van der Waals surface area contributed by atoms with Crippen molar-refractivity contribution in [2.45, 2.75) is 31.9 Å². The lowest BCUT2D eigenvalue weighted by atomic mass is 10.1. The molecule has 1 aromatic rings. The van der Waals surface area contributed by atoms with Gasteiger partial charge in [-0.15, -0.1) is 0 Å². The molecular weight excluding hydrogens is 216 g/mol. The van der Waals surface area contributed by atoms with Crippen molar-refractivity contribution in [1.82, 2.24) is 0 Å². The van der Waals surface area contributed by atoms with Crippen molar-refractivity contribution in [3.8, 4) is 0 Å². The Bertz CT molecular complexity index is 327. The predicted molar refractivity (Wildman–Crippen MR) is 64.5 cm³/mol. The summed E-state index contributed by atoms with van der Waals surface area (Å²) in [6.07, 6.45) is 2.80. The van der Waals surface area contributed by atoms with Gasteiger partial charge in [-0.2, -0.15) is 0 Å². The van der Waals surface area contributed by atoms with Gasteiger partial charge in [0, 0.05) is 6.42 Å². The molecule has 4 nitrogen and oxygen atoms in total. The van der Waals surface area contributed by atoms with Gasteiger partial charge in [-0.05, 0) is 18.4 Å². The van der Waals surface area contributed by atoms with Crippen LogP contribution in [-0.4, -0.2) is 18.6 Å². The first kappa shape index (κ1) is 13.7. The summed E-state index contributed by atoms with van der Waals surface area (Å²) in [7, 11) is 0. The molecule has 0 heterocycles. The zero-order chi connectivity index (χ0) is 12.5. The van der Waals surface area contributed by atoms with Crippen LogP contribution in [0.25, 0.3) is 0 Å². The first-order valence-electron chi connectivity index (χ1n) is 6.07. The number of quaternary nitrogens is 2. The van der Waals surface area contributed by atoms with Crippen molar-refractivity contribution in [1.29, 1.82) is 0 Å². The molecular formula is C13H22N2O2+2. The molecule has 1 aromatic carbocycles. The second-order valence-corrected chi connectivity index (χ2v) is 4.14. The van der Waals surface area contributed by atoms with Gasteiger partial charge in [0.1, 0.15) is 6.61 Å². The van der Waals surface area contributed by atoms with Crippen LogP contribution in [0.5, 0.6) is 0 Å². The van der Waals surface area contributed by atoms with Gasteiger partial charge < -0.3 is 16.2 Å². The molecule has 4 heteroatoms. The first-order chi connectivity index (χ1) is 8.24. The molecule has 1 unspecified atom stereocenters. The van der Waals surface area contributed by atoms with Crippen molar-refractivity contribution in [3.63, 3.8) is 0 Å². The van der Waals surface area contributed by atoms with Gasteiger partial charge in [0.15, 0.2) is 6.04 Å². The van der Waals surface area contributed by atoms with Crippen molar-refractivity contribution in [2.24, 2.45) is 0 Å². The van der Waals surface area contributed by atoms with Crippen LogP contribution in [0.4, 0.5) is 0 Å².